The molecule has 0 radical (unpaired) electrons. The number of aromatic nitrogens is 2. The number of fused-ring (bicyclic) bond motifs is 2. The minimum absolute atomic E-state index is 0.439. The second kappa shape index (κ2) is 5.01. The van der Waals surface area contributed by atoms with E-state index in [9.17, 15) is 0 Å². The Morgan fingerprint density at radius 1 is 1.39 bits per heavy atom. The van der Waals surface area contributed by atoms with Crippen LogP contribution in [0.3, 0.4) is 0 Å². The van der Waals surface area contributed by atoms with Gasteiger partial charge in [0, 0.05) is 12.7 Å². The van der Waals surface area contributed by atoms with Crippen LogP contribution in [0.25, 0.3) is 0 Å². The third-order valence-corrected chi connectivity index (χ3v) is 4.87. The molecule has 1 heterocycles. The van der Waals surface area contributed by atoms with E-state index in [2.05, 4.69) is 36.6 Å². The summed E-state index contributed by atoms with van der Waals surface area (Å²) in [5.74, 6) is 9.29. The zero-order valence-electron chi connectivity index (χ0n) is 10.2. The van der Waals surface area contributed by atoms with Crippen LogP contribution in [0.2, 0.25) is 0 Å². The van der Waals surface area contributed by atoms with Crippen molar-refractivity contribution in [1.29, 1.82) is 0 Å². The maximum Gasteiger partial charge on any atom is 0.239 e. The molecule has 5 nitrogen and oxygen atoms in total. The normalized spacial score (nSPS) is 29.6. The molecule has 2 fully saturated rings. The first-order chi connectivity index (χ1) is 8.76. The molecule has 98 valence electrons. The van der Waals surface area contributed by atoms with Gasteiger partial charge < -0.3 is 5.32 Å². The summed E-state index contributed by atoms with van der Waals surface area (Å²) in [5.41, 5.74) is 2.47. The molecular weight excluding hydrogens is 294 g/mol. The summed E-state index contributed by atoms with van der Waals surface area (Å²) < 4.78 is 0.879. The van der Waals surface area contributed by atoms with E-state index >= 15 is 0 Å². The van der Waals surface area contributed by atoms with Crippen molar-refractivity contribution in [3.8, 4) is 0 Å². The van der Waals surface area contributed by atoms with Crippen molar-refractivity contribution >= 4 is 27.7 Å². The van der Waals surface area contributed by atoms with Crippen molar-refractivity contribution in [1.82, 2.24) is 9.97 Å². The Morgan fingerprint density at radius 2 is 2.28 bits per heavy atom. The highest BCUT2D eigenvalue weighted by Gasteiger charge is 2.39. The number of hydrogen-bond donors (Lipinski definition) is 3. The van der Waals surface area contributed by atoms with Gasteiger partial charge in [0.2, 0.25) is 5.95 Å². The molecule has 0 aromatic carbocycles. The molecule has 0 spiro atoms. The van der Waals surface area contributed by atoms with Crippen LogP contribution in [0, 0.1) is 17.8 Å². The fourth-order valence-corrected chi connectivity index (χ4v) is 3.75. The number of anilines is 2. The number of rotatable bonds is 4. The van der Waals surface area contributed by atoms with Gasteiger partial charge in [0.15, 0.2) is 0 Å². The van der Waals surface area contributed by atoms with Crippen LogP contribution in [-0.4, -0.2) is 16.5 Å². The minimum atomic E-state index is 0.439. The largest absolute Gasteiger partial charge is 0.369 e. The first-order valence-electron chi connectivity index (χ1n) is 6.49. The monoisotopic (exact) mass is 311 g/mol. The number of hydrazine groups is 1. The van der Waals surface area contributed by atoms with Gasteiger partial charge in [0.05, 0.1) is 4.47 Å². The van der Waals surface area contributed by atoms with Crippen LogP contribution in [0.1, 0.15) is 25.7 Å². The number of hydrogen-bond acceptors (Lipinski definition) is 5. The molecule has 2 aliphatic rings. The fraction of sp³-hybridized carbons (Fsp3) is 0.667. The molecule has 1 aromatic rings. The summed E-state index contributed by atoms with van der Waals surface area (Å²) in [7, 11) is 0. The van der Waals surface area contributed by atoms with Gasteiger partial charge in [-0.2, -0.15) is 4.98 Å². The Bertz CT molecular complexity index is 438. The van der Waals surface area contributed by atoms with E-state index < -0.39 is 0 Å². The Labute approximate surface area is 115 Å². The van der Waals surface area contributed by atoms with Crippen molar-refractivity contribution in [2.24, 2.45) is 23.6 Å². The minimum Gasteiger partial charge on any atom is -0.369 e. The highest BCUT2D eigenvalue weighted by molar-refractivity contribution is 9.10. The molecule has 0 aliphatic heterocycles. The number of nitrogen functional groups attached to an aromatic ring is 1. The lowest BCUT2D eigenvalue weighted by Gasteiger charge is -2.22. The van der Waals surface area contributed by atoms with Gasteiger partial charge in [-0.15, -0.1) is 0 Å². The van der Waals surface area contributed by atoms with Gasteiger partial charge >= 0.3 is 0 Å². The standard InChI is InChI=1S/C12H18BrN5/c13-10-6-16-12(18-14)17-11(10)15-5-9-4-7-1-2-8(9)3-7/h6-9H,1-5,14H2,(H2,15,16,17,18). The van der Waals surface area contributed by atoms with E-state index in [0.717, 1.165) is 34.6 Å². The van der Waals surface area contributed by atoms with Gasteiger partial charge in [-0.25, -0.2) is 10.8 Å². The van der Waals surface area contributed by atoms with Crippen molar-refractivity contribution in [2.45, 2.75) is 25.7 Å². The average molecular weight is 312 g/mol. The highest BCUT2D eigenvalue weighted by Crippen LogP contribution is 2.48. The summed E-state index contributed by atoms with van der Waals surface area (Å²) in [6.45, 7) is 1.00. The predicted molar refractivity (Wildman–Crippen MR) is 75.0 cm³/mol. The van der Waals surface area contributed by atoms with Crippen molar-refractivity contribution in [3.63, 3.8) is 0 Å². The first-order valence-corrected chi connectivity index (χ1v) is 7.28. The third kappa shape index (κ3) is 2.31. The molecule has 2 saturated carbocycles. The maximum absolute atomic E-state index is 5.32. The smallest absolute Gasteiger partial charge is 0.239 e. The summed E-state index contributed by atoms with van der Waals surface area (Å²) in [6, 6.07) is 0. The van der Waals surface area contributed by atoms with Gasteiger partial charge in [-0.05, 0) is 52.9 Å². The Kier molecular flexibility index (Phi) is 3.39. The summed E-state index contributed by atoms with van der Waals surface area (Å²) in [4.78, 5) is 8.35. The molecule has 0 amide bonds. The predicted octanol–water partition coefficient (Wildman–Crippen LogP) is 2.37. The second-order valence-corrected chi connectivity index (χ2v) is 6.20. The first kappa shape index (κ1) is 12.2. The van der Waals surface area contributed by atoms with E-state index in [-0.39, 0.29) is 0 Å². The van der Waals surface area contributed by atoms with Gasteiger partial charge in [0.1, 0.15) is 5.82 Å². The number of nitrogens with zero attached hydrogens (tertiary/aromatic N) is 2. The molecule has 0 saturated heterocycles. The molecule has 2 bridgehead atoms. The third-order valence-electron chi connectivity index (χ3n) is 4.29. The van der Waals surface area contributed by atoms with E-state index in [4.69, 9.17) is 5.84 Å². The summed E-state index contributed by atoms with van der Waals surface area (Å²) in [5, 5.41) is 3.42. The molecule has 6 heteroatoms. The summed E-state index contributed by atoms with van der Waals surface area (Å²) >= 11 is 3.45. The van der Waals surface area contributed by atoms with E-state index in [1.54, 1.807) is 6.20 Å². The van der Waals surface area contributed by atoms with Crippen molar-refractivity contribution < 1.29 is 0 Å². The quantitative estimate of drug-likeness (QED) is 0.588. The second-order valence-electron chi connectivity index (χ2n) is 5.35. The van der Waals surface area contributed by atoms with Gasteiger partial charge in [-0.3, -0.25) is 5.43 Å². The lowest BCUT2D eigenvalue weighted by atomic mass is 9.89. The number of nitrogens with one attached hydrogen (secondary N) is 2. The highest BCUT2D eigenvalue weighted by atomic mass is 79.9. The molecule has 1 aromatic heterocycles. The fourth-order valence-electron chi connectivity index (χ4n) is 3.41. The zero-order valence-corrected chi connectivity index (χ0v) is 11.8. The lowest BCUT2D eigenvalue weighted by molar-refractivity contribution is 0.348. The van der Waals surface area contributed by atoms with Crippen LogP contribution >= 0.6 is 15.9 Å². The average Bonchev–Trinajstić information content (AvgIpc) is 3.00. The van der Waals surface area contributed by atoms with E-state index in [0.29, 0.717) is 5.95 Å². The van der Waals surface area contributed by atoms with Gasteiger partial charge in [-0.1, -0.05) is 6.42 Å². The van der Waals surface area contributed by atoms with Crippen molar-refractivity contribution in [3.05, 3.63) is 10.7 Å². The molecular formula is C12H18BrN5. The van der Waals surface area contributed by atoms with Crippen LogP contribution in [0.15, 0.2) is 10.7 Å². The van der Waals surface area contributed by atoms with E-state index in [1.165, 1.54) is 25.7 Å². The molecule has 3 atom stereocenters. The van der Waals surface area contributed by atoms with Crippen LogP contribution in [-0.2, 0) is 0 Å². The number of halogens is 1. The molecule has 2 aliphatic carbocycles. The Balaban J connectivity index is 1.62. The van der Waals surface area contributed by atoms with E-state index in [1.807, 2.05) is 0 Å². The maximum atomic E-state index is 5.32. The molecule has 18 heavy (non-hydrogen) atoms. The molecule has 3 unspecified atom stereocenters. The van der Waals surface area contributed by atoms with Crippen LogP contribution in [0.5, 0.6) is 0 Å². The van der Waals surface area contributed by atoms with Gasteiger partial charge in [0.25, 0.3) is 0 Å². The topological polar surface area (TPSA) is 75.9 Å². The van der Waals surface area contributed by atoms with Crippen LogP contribution < -0.4 is 16.6 Å². The zero-order chi connectivity index (χ0) is 12.5. The molecule has 4 N–H and O–H groups in total. The van der Waals surface area contributed by atoms with Crippen LogP contribution in [0.4, 0.5) is 11.8 Å². The SMILES string of the molecule is NNc1ncc(Br)c(NCC2CC3CCC2C3)n1. The lowest BCUT2D eigenvalue weighted by Crippen LogP contribution is -2.21. The molecule has 3 rings (SSSR count). The Hall–Kier alpha value is -0.880. The Morgan fingerprint density at radius 3 is 2.94 bits per heavy atom. The van der Waals surface area contributed by atoms with Crippen molar-refractivity contribution in [2.75, 3.05) is 17.3 Å². The summed E-state index contributed by atoms with van der Waals surface area (Å²) in [6.07, 6.45) is 7.39. The number of nitrogens with two attached hydrogens (primary N) is 1.